The van der Waals surface area contributed by atoms with Gasteiger partial charge in [-0.25, -0.2) is 4.79 Å². The predicted molar refractivity (Wildman–Crippen MR) is 130 cm³/mol. The maximum Gasteiger partial charge on any atom is 0.323 e. The molecule has 0 saturated carbocycles. The summed E-state index contributed by atoms with van der Waals surface area (Å²) in [4.78, 5) is 29.6. The van der Waals surface area contributed by atoms with E-state index >= 15 is 0 Å². The van der Waals surface area contributed by atoms with Crippen LogP contribution in [-0.4, -0.2) is 23.4 Å². The number of hydrogen-bond donors (Lipinski definition) is 2. The average molecular weight is 446 g/mol. The second-order valence-electron chi connectivity index (χ2n) is 8.69. The number of thiophene rings is 1. The third-order valence-corrected chi connectivity index (χ3v) is 7.60. The molecular formula is C26H27N3O2S. The first kappa shape index (κ1) is 20.8. The lowest BCUT2D eigenvalue weighted by molar-refractivity contribution is -0.116. The summed E-state index contributed by atoms with van der Waals surface area (Å²) in [6.45, 7) is 3.99. The van der Waals surface area contributed by atoms with Crippen molar-refractivity contribution in [1.82, 2.24) is 4.90 Å². The third kappa shape index (κ3) is 3.79. The van der Waals surface area contributed by atoms with Gasteiger partial charge >= 0.3 is 6.03 Å². The van der Waals surface area contributed by atoms with Gasteiger partial charge in [0.1, 0.15) is 11.5 Å². The maximum atomic E-state index is 13.7. The second kappa shape index (κ2) is 8.43. The number of amides is 3. The van der Waals surface area contributed by atoms with Crippen LogP contribution in [0.25, 0.3) is 0 Å². The Bertz CT molecular complexity index is 1190. The summed E-state index contributed by atoms with van der Waals surface area (Å²) in [5.74, 6) is -0.153. The smallest absolute Gasteiger partial charge is 0.316 e. The lowest BCUT2D eigenvalue weighted by atomic mass is 9.89. The monoisotopic (exact) mass is 445 g/mol. The van der Waals surface area contributed by atoms with Gasteiger partial charge in [-0.3, -0.25) is 4.79 Å². The number of nitrogens with one attached hydrogen (secondary N) is 2. The Morgan fingerprint density at radius 1 is 1.09 bits per heavy atom. The average Bonchev–Trinajstić information content (AvgIpc) is 3.06. The Morgan fingerprint density at radius 2 is 1.88 bits per heavy atom. The van der Waals surface area contributed by atoms with Crippen molar-refractivity contribution in [1.29, 1.82) is 0 Å². The van der Waals surface area contributed by atoms with E-state index in [1.807, 2.05) is 50.2 Å². The molecule has 2 heterocycles. The highest BCUT2D eigenvalue weighted by Gasteiger charge is 2.37. The van der Waals surface area contributed by atoms with Crippen LogP contribution in [0.15, 0.2) is 48.5 Å². The SMILES string of the molecule is Cc1ccc(C)c(NC(=O)N2CC(=O)Nc3sc4c(c3C2c2ccccc2)CCCC4)c1. The first-order valence-electron chi connectivity index (χ1n) is 11.2. The molecule has 2 aliphatic rings. The molecule has 2 N–H and O–H groups in total. The second-order valence-corrected chi connectivity index (χ2v) is 9.80. The van der Waals surface area contributed by atoms with Crippen molar-refractivity contribution in [3.8, 4) is 0 Å². The highest BCUT2D eigenvalue weighted by Crippen LogP contribution is 2.46. The largest absolute Gasteiger partial charge is 0.323 e. The molecule has 5 nitrogen and oxygen atoms in total. The molecular weight excluding hydrogens is 418 g/mol. The molecule has 1 unspecified atom stereocenters. The number of hydrogen-bond acceptors (Lipinski definition) is 3. The van der Waals surface area contributed by atoms with Gasteiger partial charge in [0.15, 0.2) is 0 Å². The molecule has 1 aromatic heterocycles. The summed E-state index contributed by atoms with van der Waals surface area (Å²) in [5, 5.41) is 7.09. The molecule has 32 heavy (non-hydrogen) atoms. The number of nitrogens with zero attached hydrogens (tertiary/aromatic N) is 1. The van der Waals surface area contributed by atoms with Crippen LogP contribution in [-0.2, 0) is 17.6 Å². The minimum absolute atomic E-state index is 0.00638. The molecule has 3 aromatic rings. The van der Waals surface area contributed by atoms with Gasteiger partial charge in [-0.05, 0) is 67.9 Å². The van der Waals surface area contributed by atoms with E-state index in [1.165, 1.54) is 16.9 Å². The molecule has 2 aromatic carbocycles. The van der Waals surface area contributed by atoms with E-state index < -0.39 is 0 Å². The number of urea groups is 1. The highest BCUT2D eigenvalue weighted by atomic mass is 32.1. The zero-order valence-corrected chi connectivity index (χ0v) is 19.2. The number of benzene rings is 2. The molecule has 1 aliphatic carbocycles. The Balaban J connectivity index is 1.62. The zero-order valence-electron chi connectivity index (χ0n) is 18.4. The van der Waals surface area contributed by atoms with Gasteiger partial charge < -0.3 is 15.5 Å². The highest BCUT2D eigenvalue weighted by molar-refractivity contribution is 7.16. The summed E-state index contributed by atoms with van der Waals surface area (Å²) in [6, 6.07) is 15.5. The van der Waals surface area contributed by atoms with Gasteiger partial charge in [-0.2, -0.15) is 0 Å². The van der Waals surface area contributed by atoms with Crippen molar-refractivity contribution < 1.29 is 9.59 Å². The van der Waals surface area contributed by atoms with Crippen LogP contribution in [0.4, 0.5) is 15.5 Å². The van der Waals surface area contributed by atoms with E-state index in [2.05, 4.69) is 22.8 Å². The van der Waals surface area contributed by atoms with E-state index in [9.17, 15) is 9.59 Å². The molecule has 1 atom stereocenters. The van der Waals surface area contributed by atoms with Gasteiger partial charge in [0.25, 0.3) is 0 Å². The molecule has 0 radical (unpaired) electrons. The Hall–Kier alpha value is -3.12. The van der Waals surface area contributed by atoms with Crippen LogP contribution in [0.5, 0.6) is 0 Å². The van der Waals surface area contributed by atoms with Crippen LogP contribution in [0.2, 0.25) is 0 Å². The summed E-state index contributed by atoms with van der Waals surface area (Å²) in [7, 11) is 0. The summed E-state index contributed by atoms with van der Waals surface area (Å²) in [6.07, 6.45) is 4.35. The summed E-state index contributed by atoms with van der Waals surface area (Å²) < 4.78 is 0. The van der Waals surface area contributed by atoms with Crippen molar-refractivity contribution in [2.45, 2.75) is 45.6 Å². The quantitative estimate of drug-likeness (QED) is 0.522. The molecule has 164 valence electrons. The van der Waals surface area contributed by atoms with Crippen LogP contribution >= 0.6 is 11.3 Å². The van der Waals surface area contributed by atoms with Crippen molar-refractivity contribution in [3.05, 3.63) is 81.2 Å². The van der Waals surface area contributed by atoms with Crippen molar-refractivity contribution in [2.75, 3.05) is 17.2 Å². The fraction of sp³-hybridized carbons (Fsp3) is 0.308. The third-order valence-electron chi connectivity index (χ3n) is 6.38. The molecule has 5 rings (SSSR count). The fourth-order valence-corrected chi connectivity index (χ4v) is 6.11. The van der Waals surface area contributed by atoms with Crippen LogP contribution in [0.1, 0.15) is 51.6 Å². The molecule has 0 bridgehead atoms. The lowest BCUT2D eigenvalue weighted by Crippen LogP contribution is -2.42. The van der Waals surface area contributed by atoms with Crippen LogP contribution < -0.4 is 10.6 Å². The number of rotatable bonds is 2. The lowest BCUT2D eigenvalue weighted by Gasteiger charge is -2.31. The normalized spacial score (nSPS) is 17.8. The first-order valence-corrected chi connectivity index (χ1v) is 12.0. The summed E-state index contributed by atoms with van der Waals surface area (Å²) >= 11 is 1.69. The van der Waals surface area contributed by atoms with Crippen molar-refractivity contribution in [3.63, 3.8) is 0 Å². The Kier molecular flexibility index (Phi) is 5.47. The topological polar surface area (TPSA) is 61.4 Å². The molecule has 1 aliphatic heterocycles. The number of carbonyl (C=O) groups is 2. The molecule has 0 spiro atoms. The standard InChI is InChI=1S/C26H27N3O2S/c1-16-12-13-17(2)20(14-16)27-26(31)29-15-22(30)28-25-23(19-10-6-7-11-21(19)32-25)24(29)18-8-4-3-5-9-18/h3-5,8-9,12-14,24H,6-7,10-11,15H2,1-2H3,(H,27,31)(H,28,30). The van der Waals surface area contributed by atoms with Crippen LogP contribution in [0.3, 0.4) is 0 Å². The summed E-state index contributed by atoms with van der Waals surface area (Å²) in [5.41, 5.74) is 6.28. The van der Waals surface area contributed by atoms with E-state index in [-0.39, 0.29) is 24.5 Å². The van der Waals surface area contributed by atoms with Crippen LogP contribution in [0, 0.1) is 13.8 Å². The van der Waals surface area contributed by atoms with Gasteiger partial charge in [-0.1, -0.05) is 42.5 Å². The number of aryl methyl sites for hydroxylation is 3. The number of fused-ring (bicyclic) bond motifs is 3. The maximum absolute atomic E-state index is 13.7. The van der Waals surface area contributed by atoms with E-state index in [0.29, 0.717) is 0 Å². The molecule has 0 saturated heterocycles. The minimum atomic E-state index is -0.312. The Morgan fingerprint density at radius 3 is 2.69 bits per heavy atom. The van der Waals surface area contributed by atoms with E-state index in [0.717, 1.165) is 52.2 Å². The molecule has 3 amide bonds. The predicted octanol–water partition coefficient (Wildman–Crippen LogP) is 5.82. The molecule has 6 heteroatoms. The van der Waals surface area contributed by atoms with Gasteiger partial charge in [0.2, 0.25) is 5.91 Å². The first-order chi connectivity index (χ1) is 15.5. The van der Waals surface area contributed by atoms with Crippen molar-refractivity contribution >= 4 is 34.0 Å². The molecule has 0 fully saturated rings. The van der Waals surface area contributed by atoms with Gasteiger partial charge in [0.05, 0.1) is 6.04 Å². The van der Waals surface area contributed by atoms with Crippen molar-refractivity contribution in [2.24, 2.45) is 0 Å². The van der Waals surface area contributed by atoms with E-state index in [1.54, 1.807) is 16.2 Å². The zero-order chi connectivity index (χ0) is 22.2. The number of carbonyl (C=O) groups excluding carboxylic acids is 2. The fourth-order valence-electron chi connectivity index (χ4n) is 4.77. The Labute approximate surface area is 192 Å². The van der Waals surface area contributed by atoms with Gasteiger partial charge in [0, 0.05) is 16.1 Å². The van der Waals surface area contributed by atoms with Gasteiger partial charge in [-0.15, -0.1) is 11.3 Å². The minimum Gasteiger partial charge on any atom is -0.316 e. The number of anilines is 2. The van der Waals surface area contributed by atoms with E-state index in [4.69, 9.17) is 0 Å².